The molecule has 0 radical (unpaired) electrons. The van der Waals surface area contributed by atoms with Crippen molar-refractivity contribution in [3.8, 4) is 5.75 Å². The maximum Gasteiger partial charge on any atom is 0.262 e. The highest BCUT2D eigenvalue weighted by Gasteiger charge is 2.35. The third kappa shape index (κ3) is 5.36. The lowest BCUT2D eigenvalue weighted by molar-refractivity contribution is -0.122. The number of benzene rings is 2. The van der Waals surface area contributed by atoms with E-state index >= 15 is 0 Å². The molecule has 0 aliphatic carbocycles. The Morgan fingerprint density at radius 3 is 2.65 bits per heavy atom. The molecule has 2 aromatic rings. The third-order valence-electron chi connectivity index (χ3n) is 4.84. The SMILES string of the molecule is CC(C)=C(CCN1C(=O)c2cc(Cl)ccc2C1O)NC(=O)COc1ccc(Cl)c(F)c1. The van der Waals surface area contributed by atoms with Crippen LogP contribution in [0.2, 0.25) is 10.0 Å². The number of carbonyl (C=O) groups excluding carboxylic acids is 2. The van der Waals surface area contributed by atoms with Crippen molar-refractivity contribution in [1.29, 1.82) is 0 Å². The average molecular weight is 467 g/mol. The maximum absolute atomic E-state index is 13.5. The molecule has 2 N–H and O–H groups in total. The molecule has 0 spiro atoms. The number of nitrogens with one attached hydrogen (secondary N) is 1. The molecule has 0 fully saturated rings. The molecule has 2 aromatic carbocycles. The van der Waals surface area contributed by atoms with Gasteiger partial charge >= 0.3 is 0 Å². The van der Waals surface area contributed by atoms with E-state index in [4.69, 9.17) is 27.9 Å². The Hall–Kier alpha value is -2.61. The predicted octanol–water partition coefficient (Wildman–Crippen LogP) is 4.46. The summed E-state index contributed by atoms with van der Waals surface area (Å²) in [5.41, 5.74) is 2.31. The molecule has 9 heteroatoms. The van der Waals surface area contributed by atoms with Gasteiger partial charge in [0, 0.05) is 40.9 Å². The fraction of sp³-hybridized carbons (Fsp3) is 0.273. The molecule has 6 nitrogen and oxygen atoms in total. The van der Waals surface area contributed by atoms with Gasteiger partial charge < -0.3 is 20.1 Å². The van der Waals surface area contributed by atoms with E-state index in [1.54, 1.807) is 12.1 Å². The number of aliphatic hydroxyl groups is 1. The van der Waals surface area contributed by atoms with Crippen LogP contribution in [-0.4, -0.2) is 35.0 Å². The number of fused-ring (bicyclic) bond motifs is 1. The standard InChI is InChI=1S/C22H21Cl2FN2O4/c1-12(2)19(26-20(28)11-31-14-4-6-17(24)18(25)10-14)7-8-27-21(29)15-5-3-13(23)9-16(15)22(27)30/h3-6,9-10,21,29H,7-8,11H2,1-2H3,(H,26,28). The molecule has 1 aliphatic heterocycles. The molecule has 164 valence electrons. The zero-order chi connectivity index (χ0) is 22.7. The number of aliphatic hydroxyl groups excluding tert-OH is 1. The molecule has 31 heavy (non-hydrogen) atoms. The Balaban J connectivity index is 1.58. The molecule has 0 saturated carbocycles. The highest BCUT2D eigenvalue weighted by Crippen LogP contribution is 2.33. The Kier molecular flexibility index (Phi) is 7.20. The van der Waals surface area contributed by atoms with Gasteiger partial charge in [0.05, 0.1) is 5.02 Å². The third-order valence-corrected chi connectivity index (χ3v) is 5.38. The number of nitrogens with zero attached hydrogens (tertiary/aromatic N) is 1. The van der Waals surface area contributed by atoms with Crippen molar-refractivity contribution in [2.24, 2.45) is 0 Å². The molecule has 2 amide bonds. The van der Waals surface area contributed by atoms with Crippen LogP contribution in [0, 0.1) is 5.82 Å². The van der Waals surface area contributed by atoms with Gasteiger partial charge in [-0.05, 0) is 38.1 Å². The second kappa shape index (κ2) is 9.68. The minimum absolute atomic E-state index is 0.0355. The van der Waals surface area contributed by atoms with Crippen LogP contribution in [0.3, 0.4) is 0 Å². The summed E-state index contributed by atoms with van der Waals surface area (Å²) in [6.07, 6.45) is -0.759. The predicted molar refractivity (Wildman–Crippen MR) is 115 cm³/mol. The molecule has 1 unspecified atom stereocenters. The summed E-state index contributed by atoms with van der Waals surface area (Å²) in [5, 5.41) is 13.6. The number of rotatable bonds is 7. The summed E-state index contributed by atoms with van der Waals surface area (Å²) in [7, 11) is 0. The Labute approximate surface area is 189 Å². The summed E-state index contributed by atoms with van der Waals surface area (Å²) in [4.78, 5) is 26.2. The number of halogens is 3. The first-order chi connectivity index (χ1) is 14.7. The van der Waals surface area contributed by atoms with E-state index in [-0.39, 0.29) is 29.8 Å². The van der Waals surface area contributed by atoms with E-state index in [1.165, 1.54) is 23.1 Å². The molecule has 0 aromatic heterocycles. The van der Waals surface area contributed by atoms with E-state index in [9.17, 15) is 19.1 Å². The number of ether oxygens (including phenoxy) is 1. The second-order valence-corrected chi connectivity index (χ2v) is 8.09. The summed E-state index contributed by atoms with van der Waals surface area (Å²) in [6, 6.07) is 8.68. The van der Waals surface area contributed by atoms with E-state index in [1.807, 2.05) is 13.8 Å². The maximum atomic E-state index is 13.5. The van der Waals surface area contributed by atoms with Gasteiger partial charge in [0.1, 0.15) is 11.6 Å². The van der Waals surface area contributed by atoms with Crippen LogP contribution in [0.4, 0.5) is 4.39 Å². The Morgan fingerprint density at radius 2 is 1.97 bits per heavy atom. The van der Waals surface area contributed by atoms with Crippen molar-refractivity contribution in [3.05, 3.63) is 74.7 Å². The number of amides is 2. The highest BCUT2D eigenvalue weighted by atomic mass is 35.5. The lowest BCUT2D eigenvalue weighted by Crippen LogP contribution is -2.33. The number of hydrogen-bond donors (Lipinski definition) is 2. The summed E-state index contributed by atoms with van der Waals surface area (Å²) >= 11 is 11.6. The first-order valence-corrected chi connectivity index (χ1v) is 10.3. The molecule has 1 aliphatic rings. The van der Waals surface area contributed by atoms with Crippen LogP contribution >= 0.6 is 23.2 Å². The van der Waals surface area contributed by atoms with Crippen molar-refractivity contribution in [2.75, 3.05) is 13.2 Å². The van der Waals surface area contributed by atoms with Crippen LogP contribution in [0.1, 0.15) is 42.4 Å². The number of carbonyl (C=O) groups is 2. The molecule has 3 rings (SSSR count). The summed E-state index contributed by atoms with van der Waals surface area (Å²) < 4.78 is 18.8. The lowest BCUT2D eigenvalue weighted by atomic mass is 10.1. The average Bonchev–Trinajstić information content (AvgIpc) is 2.95. The Morgan fingerprint density at radius 1 is 1.23 bits per heavy atom. The number of hydrogen-bond acceptors (Lipinski definition) is 4. The van der Waals surface area contributed by atoms with E-state index in [0.717, 1.165) is 11.6 Å². The highest BCUT2D eigenvalue weighted by molar-refractivity contribution is 6.31. The molecule has 0 bridgehead atoms. The first kappa shape index (κ1) is 23.1. The van der Waals surface area contributed by atoms with Gasteiger partial charge in [-0.3, -0.25) is 9.59 Å². The normalized spacial score (nSPS) is 15.0. The van der Waals surface area contributed by atoms with Gasteiger partial charge in [-0.15, -0.1) is 0 Å². The molecular weight excluding hydrogens is 446 g/mol. The monoisotopic (exact) mass is 466 g/mol. The zero-order valence-corrected chi connectivity index (χ0v) is 18.4. The quantitative estimate of drug-likeness (QED) is 0.631. The van der Waals surface area contributed by atoms with Crippen molar-refractivity contribution >= 4 is 35.0 Å². The molecule has 1 atom stereocenters. The van der Waals surface area contributed by atoms with Crippen molar-refractivity contribution < 1.29 is 23.8 Å². The van der Waals surface area contributed by atoms with Crippen molar-refractivity contribution in [3.63, 3.8) is 0 Å². The van der Waals surface area contributed by atoms with E-state index in [2.05, 4.69) is 5.32 Å². The molecule has 1 heterocycles. The van der Waals surface area contributed by atoms with Gasteiger partial charge in [-0.2, -0.15) is 0 Å². The summed E-state index contributed by atoms with van der Waals surface area (Å²) in [6.45, 7) is 3.51. The van der Waals surface area contributed by atoms with Gasteiger partial charge in [0.15, 0.2) is 12.8 Å². The smallest absolute Gasteiger partial charge is 0.262 e. The Bertz CT molecular complexity index is 1050. The van der Waals surface area contributed by atoms with Crippen LogP contribution < -0.4 is 10.1 Å². The molecular formula is C22H21Cl2FN2O4. The van der Waals surface area contributed by atoms with E-state index < -0.39 is 18.0 Å². The van der Waals surface area contributed by atoms with Crippen molar-refractivity contribution in [2.45, 2.75) is 26.5 Å². The van der Waals surface area contributed by atoms with Gasteiger partial charge in [0.2, 0.25) is 0 Å². The fourth-order valence-electron chi connectivity index (χ4n) is 3.19. The van der Waals surface area contributed by atoms with Crippen LogP contribution in [0.5, 0.6) is 5.75 Å². The van der Waals surface area contributed by atoms with E-state index in [0.29, 0.717) is 28.3 Å². The minimum Gasteiger partial charge on any atom is -0.484 e. The van der Waals surface area contributed by atoms with Crippen LogP contribution in [-0.2, 0) is 4.79 Å². The zero-order valence-electron chi connectivity index (χ0n) is 16.9. The topological polar surface area (TPSA) is 78.9 Å². The van der Waals surface area contributed by atoms with Gasteiger partial charge in [-0.1, -0.05) is 34.8 Å². The minimum atomic E-state index is -1.07. The van der Waals surface area contributed by atoms with Crippen molar-refractivity contribution in [1.82, 2.24) is 10.2 Å². The van der Waals surface area contributed by atoms with Crippen LogP contribution in [0.15, 0.2) is 47.7 Å². The summed E-state index contributed by atoms with van der Waals surface area (Å²) in [5.74, 6) is -1.22. The second-order valence-electron chi connectivity index (χ2n) is 7.25. The number of allylic oxidation sites excluding steroid dienone is 1. The first-order valence-electron chi connectivity index (χ1n) is 9.50. The van der Waals surface area contributed by atoms with Gasteiger partial charge in [-0.25, -0.2) is 4.39 Å². The molecule has 0 saturated heterocycles. The lowest BCUT2D eigenvalue weighted by Gasteiger charge is -2.22. The fourth-order valence-corrected chi connectivity index (χ4v) is 3.48. The van der Waals surface area contributed by atoms with Crippen LogP contribution in [0.25, 0.3) is 0 Å². The van der Waals surface area contributed by atoms with Gasteiger partial charge in [0.25, 0.3) is 11.8 Å². The largest absolute Gasteiger partial charge is 0.484 e.